The molecule has 0 radical (unpaired) electrons. The average Bonchev–Trinajstić information content (AvgIpc) is 2.87. The van der Waals surface area contributed by atoms with Crippen LogP contribution < -0.4 is 5.32 Å². The number of nitrogens with one attached hydrogen (secondary N) is 1. The van der Waals surface area contributed by atoms with E-state index in [-0.39, 0.29) is 11.8 Å². The number of carbonyl (C=O) groups excluding carboxylic acids is 1. The first-order valence-electron chi connectivity index (χ1n) is 6.49. The van der Waals surface area contributed by atoms with Gasteiger partial charge in [-0.2, -0.15) is 0 Å². The maximum atomic E-state index is 10.9. The standard InChI is InChI=1S/C15H19N3O/c1-12(14-6-4-3-5-7-14)15-17-9-11-18(15)10-8-16-13(2)19/h3-7,9,11-12H,8,10H2,1-2H3,(H,16,19). The highest BCUT2D eigenvalue weighted by Gasteiger charge is 2.13. The van der Waals surface area contributed by atoms with Gasteiger partial charge in [0.25, 0.3) is 0 Å². The van der Waals surface area contributed by atoms with E-state index >= 15 is 0 Å². The van der Waals surface area contributed by atoms with E-state index in [1.54, 1.807) is 0 Å². The number of imidazole rings is 1. The minimum Gasteiger partial charge on any atom is -0.355 e. The van der Waals surface area contributed by atoms with Crippen LogP contribution in [0.15, 0.2) is 42.7 Å². The molecule has 0 saturated carbocycles. The molecule has 100 valence electrons. The third kappa shape index (κ3) is 3.44. The maximum Gasteiger partial charge on any atom is 0.216 e. The lowest BCUT2D eigenvalue weighted by Crippen LogP contribution is -2.25. The summed E-state index contributed by atoms with van der Waals surface area (Å²) < 4.78 is 2.09. The highest BCUT2D eigenvalue weighted by molar-refractivity contribution is 5.72. The van der Waals surface area contributed by atoms with Gasteiger partial charge in [-0.05, 0) is 5.56 Å². The molecule has 19 heavy (non-hydrogen) atoms. The summed E-state index contributed by atoms with van der Waals surface area (Å²) in [7, 11) is 0. The van der Waals surface area contributed by atoms with E-state index in [9.17, 15) is 4.79 Å². The minimum atomic E-state index is -0.00206. The smallest absolute Gasteiger partial charge is 0.216 e. The Morgan fingerprint density at radius 2 is 2.11 bits per heavy atom. The molecule has 0 spiro atoms. The van der Waals surface area contributed by atoms with E-state index in [4.69, 9.17) is 0 Å². The fraction of sp³-hybridized carbons (Fsp3) is 0.333. The molecule has 0 bridgehead atoms. The van der Waals surface area contributed by atoms with Crippen LogP contribution in [0.3, 0.4) is 0 Å². The first-order chi connectivity index (χ1) is 9.18. The second-order valence-electron chi connectivity index (χ2n) is 4.59. The quantitative estimate of drug-likeness (QED) is 0.892. The lowest BCUT2D eigenvalue weighted by molar-refractivity contribution is -0.118. The van der Waals surface area contributed by atoms with E-state index in [1.807, 2.05) is 30.6 Å². The van der Waals surface area contributed by atoms with E-state index < -0.39 is 0 Å². The molecule has 2 aromatic rings. The van der Waals surface area contributed by atoms with Gasteiger partial charge in [0.05, 0.1) is 0 Å². The van der Waals surface area contributed by atoms with Crippen LogP contribution in [0.5, 0.6) is 0 Å². The summed E-state index contributed by atoms with van der Waals surface area (Å²) in [5.74, 6) is 1.27. The van der Waals surface area contributed by atoms with Gasteiger partial charge in [0, 0.05) is 38.3 Å². The second-order valence-corrected chi connectivity index (χ2v) is 4.59. The van der Waals surface area contributed by atoms with Gasteiger partial charge in [0.15, 0.2) is 0 Å². The van der Waals surface area contributed by atoms with Crippen LogP contribution in [-0.2, 0) is 11.3 Å². The number of amides is 1. The largest absolute Gasteiger partial charge is 0.355 e. The van der Waals surface area contributed by atoms with Crippen LogP contribution in [0.4, 0.5) is 0 Å². The van der Waals surface area contributed by atoms with E-state index in [0.29, 0.717) is 6.54 Å². The van der Waals surface area contributed by atoms with Crippen molar-refractivity contribution in [3.8, 4) is 0 Å². The van der Waals surface area contributed by atoms with Crippen LogP contribution in [0.2, 0.25) is 0 Å². The summed E-state index contributed by atoms with van der Waals surface area (Å²) in [6.45, 7) is 5.04. The van der Waals surface area contributed by atoms with Gasteiger partial charge in [0.2, 0.25) is 5.91 Å². The fourth-order valence-corrected chi connectivity index (χ4v) is 2.13. The summed E-state index contributed by atoms with van der Waals surface area (Å²) in [5.41, 5.74) is 1.24. The molecule has 1 atom stereocenters. The summed E-state index contributed by atoms with van der Waals surface area (Å²) in [6.07, 6.45) is 3.76. The van der Waals surface area contributed by atoms with Crippen molar-refractivity contribution in [1.29, 1.82) is 0 Å². The maximum absolute atomic E-state index is 10.9. The first kappa shape index (κ1) is 13.3. The molecule has 0 saturated heterocycles. The molecular formula is C15H19N3O. The Morgan fingerprint density at radius 3 is 2.79 bits per heavy atom. The van der Waals surface area contributed by atoms with Crippen molar-refractivity contribution in [3.05, 3.63) is 54.1 Å². The molecule has 1 aromatic heterocycles. The van der Waals surface area contributed by atoms with Crippen LogP contribution in [0.25, 0.3) is 0 Å². The second kappa shape index (κ2) is 6.18. The van der Waals surface area contributed by atoms with Crippen molar-refractivity contribution in [2.45, 2.75) is 26.3 Å². The van der Waals surface area contributed by atoms with Crippen molar-refractivity contribution < 1.29 is 4.79 Å². The number of hydrogen-bond acceptors (Lipinski definition) is 2. The number of aromatic nitrogens is 2. The van der Waals surface area contributed by atoms with Crippen molar-refractivity contribution in [2.24, 2.45) is 0 Å². The molecule has 0 aliphatic heterocycles. The molecule has 0 fully saturated rings. The van der Waals surface area contributed by atoms with Crippen LogP contribution in [-0.4, -0.2) is 22.0 Å². The lowest BCUT2D eigenvalue weighted by atomic mass is 10.0. The lowest BCUT2D eigenvalue weighted by Gasteiger charge is -2.14. The summed E-state index contributed by atoms with van der Waals surface area (Å²) in [5, 5.41) is 2.80. The highest BCUT2D eigenvalue weighted by Crippen LogP contribution is 2.22. The highest BCUT2D eigenvalue weighted by atomic mass is 16.1. The molecule has 4 heteroatoms. The molecule has 0 aliphatic rings. The summed E-state index contributed by atoms with van der Waals surface area (Å²) in [4.78, 5) is 15.3. The Balaban J connectivity index is 2.08. The Labute approximate surface area is 113 Å². The summed E-state index contributed by atoms with van der Waals surface area (Å²) in [6, 6.07) is 10.3. The Bertz CT molecular complexity index is 533. The van der Waals surface area contributed by atoms with Gasteiger partial charge < -0.3 is 9.88 Å². The zero-order chi connectivity index (χ0) is 13.7. The zero-order valence-corrected chi connectivity index (χ0v) is 11.3. The molecule has 0 aliphatic carbocycles. The van der Waals surface area contributed by atoms with Crippen LogP contribution in [0.1, 0.15) is 31.2 Å². The van der Waals surface area contributed by atoms with Crippen LogP contribution in [0, 0.1) is 0 Å². The number of rotatable bonds is 5. The number of benzene rings is 1. The van der Waals surface area contributed by atoms with Gasteiger partial charge in [0.1, 0.15) is 5.82 Å². The topological polar surface area (TPSA) is 46.9 Å². The van der Waals surface area contributed by atoms with Crippen molar-refractivity contribution in [2.75, 3.05) is 6.54 Å². The van der Waals surface area contributed by atoms with E-state index in [0.717, 1.165) is 12.4 Å². The molecule has 2 rings (SSSR count). The van der Waals surface area contributed by atoms with E-state index in [1.165, 1.54) is 12.5 Å². The Kier molecular flexibility index (Phi) is 4.34. The van der Waals surface area contributed by atoms with Crippen molar-refractivity contribution in [1.82, 2.24) is 14.9 Å². The number of carbonyl (C=O) groups is 1. The van der Waals surface area contributed by atoms with Gasteiger partial charge in [-0.1, -0.05) is 37.3 Å². The molecule has 4 nitrogen and oxygen atoms in total. The van der Waals surface area contributed by atoms with Gasteiger partial charge in [-0.3, -0.25) is 4.79 Å². The molecule has 1 heterocycles. The first-order valence-corrected chi connectivity index (χ1v) is 6.49. The third-order valence-electron chi connectivity index (χ3n) is 3.16. The van der Waals surface area contributed by atoms with Gasteiger partial charge in [-0.25, -0.2) is 4.98 Å². The zero-order valence-electron chi connectivity index (χ0n) is 11.3. The predicted molar refractivity (Wildman–Crippen MR) is 74.9 cm³/mol. The van der Waals surface area contributed by atoms with Gasteiger partial charge in [-0.15, -0.1) is 0 Å². The van der Waals surface area contributed by atoms with Gasteiger partial charge >= 0.3 is 0 Å². The average molecular weight is 257 g/mol. The molecule has 1 N–H and O–H groups in total. The number of hydrogen-bond donors (Lipinski definition) is 1. The normalized spacial score (nSPS) is 12.1. The van der Waals surface area contributed by atoms with Crippen LogP contribution >= 0.6 is 0 Å². The van der Waals surface area contributed by atoms with Crippen molar-refractivity contribution in [3.63, 3.8) is 0 Å². The SMILES string of the molecule is CC(=O)NCCn1ccnc1C(C)c1ccccc1. The molecule has 1 unspecified atom stereocenters. The fourth-order valence-electron chi connectivity index (χ4n) is 2.13. The summed E-state index contributed by atoms with van der Waals surface area (Å²) >= 11 is 0. The predicted octanol–water partition coefficient (Wildman–Crippen LogP) is 2.17. The number of nitrogens with zero attached hydrogens (tertiary/aromatic N) is 2. The molecule has 1 aromatic carbocycles. The Morgan fingerprint density at radius 1 is 1.37 bits per heavy atom. The van der Waals surface area contributed by atoms with E-state index in [2.05, 4.69) is 33.9 Å². The monoisotopic (exact) mass is 257 g/mol. The Hall–Kier alpha value is -2.10. The minimum absolute atomic E-state index is 0.00206. The third-order valence-corrected chi connectivity index (χ3v) is 3.16. The molecular weight excluding hydrogens is 238 g/mol. The van der Waals surface area contributed by atoms with Crippen molar-refractivity contribution >= 4 is 5.91 Å². The molecule has 1 amide bonds.